The number of nitrogens with zero attached hydrogens (tertiary/aromatic N) is 2. The fourth-order valence-electron chi connectivity index (χ4n) is 1.26. The van der Waals surface area contributed by atoms with Crippen molar-refractivity contribution in [2.45, 2.75) is 24.9 Å². The fraction of sp³-hybridized carbons (Fsp3) is 0.636. The smallest absolute Gasteiger partial charge is 0.191 e. The van der Waals surface area contributed by atoms with E-state index in [4.69, 9.17) is 10.5 Å². The van der Waals surface area contributed by atoms with Crippen LogP contribution in [-0.4, -0.2) is 36.0 Å². The average Bonchev–Trinajstić information content (AvgIpc) is 2.33. The molecule has 1 heterocycles. The Balaban J connectivity index is 2.28. The third-order valence-corrected chi connectivity index (χ3v) is 2.58. The highest BCUT2D eigenvalue weighted by molar-refractivity contribution is 7.98. The van der Waals surface area contributed by atoms with E-state index in [1.807, 2.05) is 6.26 Å². The lowest BCUT2D eigenvalue weighted by Gasteiger charge is -2.07. The van der Waals surface area contributed by atoms with Gasteiger partial charge in [0, 0.05) is 25.8 Å². The molecule has 17 heavy (non-hydrogen) atoms. The first-order valence-electron chi connectivity index (χ1n) is 5.76. The number of ether oxygens (including phenoxy) is 1. The molecule has 1 aromatic rings. The van der Waals surface area contributed by atoms with Gasteiger partial charge in [0.05, 0.1) is 0 Å². The van der Waals surface area contributed by atoms with E-state index in [1.165, 1.54) is 11.8 Å². The van der Waals surface area contributed by atoms with Gasteiger partial charge in [-0.05, 0) is 19.1 Å². The molecule has 6 heteroatoms. The van der Waals surface area contributed by atoms with Gasteiger partial charge in [0.1, 0.15) is 11.6 Å². The van der Waals surface area contributed by atoms with Crippen molar-refractivity contribution < 1.29 is 4.74 Å². The SMILES string of the molecule is CCCOCCCNc1cc(N)nc(SC)n1. The van der Waals surface area contributed by atoms with Crippen LogP contribution in [0, 0.1) is 0 Å². The van der Waals surface area contributed by atoms with Gasteiger partial charge in [-0.15, -0.1) is 0 Å². The first-order valence-corrected chi connectivity index (χ1v) is 6.99. The maximum Gasteiger partial charge on any atom is 0.191 e. The lowest BCUT2D eigenvalue weighted by Crippen LogP contribution is -2.08. The first-order chi connectivity index (χ1) is 8.26. The predicted octanol–water partition coefficient (Wildman–Crippen LogP) is 2.01. The normalized spacial score (nSPS) is 10.5. The standard InChI is InChI=1S/C11H20N4OS/c1-3-6-16-7-4-5-13-10-8-9(12)14-11(15-10)17-2/h8H,3-7H2,1-2H3,(H3,12,13,14,15). The molecule has 0 aromatic carbocycles. The van der Waals surface area contributed by atoms with Crippen LogP contribution in [0.25, 0.3) is 0 Å². The molecule has 0 aliphatic heterocycles. The molecule has 96 valence electrons. The average molecular weight is 256 g/mol. The van der Waals surface area contributed by atoms with Gasteiger partial charge < -0.3 is 15.8 Å². The summed E-state index contributed by atoms with van der Waals surface area (Å²) in [5, 5.41) is 3.90. The lowest BCUT2D eigenvalue weighted by molar-refractivity contribution is 0.134. The van der Waals surface area contributed by atoms with E-state index >= 15 is 0 Å². The molecule has 1 aromatic heterocycles. The van der Waals surface area contributed by atoms with Crippen molar-refractivity contribution in [3.63, 3.8) is 0 Å². The molecule has 1 rings (SSSR count). The lowest BCUT2D eigenvalue weighted by atomic mass is 10.4. The number of aromatic nitrogens is 2. The van der Waals surface area contributed by atoms with Gasteiger partial charge in [-0.25, -0.2) is 9.97 Å². The Bertz CT molecular complexity index is 335. The second kappa shape index (κ2) is 8.14. The molecular formula is C11H20N4OS. The zero-order valence-corrected chi connectivity index (χ0v) is 11.2. The van der Waals surface area contributed by atoms with E-state index in [-0.39, 0.29) is 0 Å². The van der Waals surface area contributed by atoms with Crippen molar-refractivity contribution in [3.8, 4) is 0 Å². The van der Waals surface area contributed by atoms with Crippen LogP contribution < -0.4 is 11.1 Å². The van der Waals surface area contributed by atoms with Crippen LogP contribution >= 0.6 is 11.8 Å². The molecule has 0 amide bonds. The van der Waals surface area contributed by atoms with Crippen LogP contribution in [0.15, 0.2) is 11.2 Å². The van der Waals surface area contributed by atoms with Gasteiger partial charge in [0.2, 0.25) is 0 Å². The zero-order chi connectivity index (χ0) is 12.5. The maximum absolute atomic E-state index is 5.68. The number of hydrogen-bond donors (Lipinski definition) is 2. The summed E-state index contributed by atoms with van der Waals surface area (Å²) in [6, 6.07) is 1.74. The summed E-state index contributed by atoms with van der Waals surface area (Å²) in [5.74, 6) is 1.27. The van der Waals surface area contributed by atoms with Crippen LogP contribution in [0.4, 0.5) is 11.6 Å². The minimum Gasteiger partial charge on any atom is -0.383 e. The fourth-order valence-corrected chi connectivity index (χ4v) is 1.65. The number of anilines is 2. The summed E-state index contributed by atoms with van der Waals surface area (Å²) >= 11 is 1.48. The minimum absolute atomic E-state index is 0.495. The summed E-state index contributed by atoms with van der Waals surface area (Å²) in [4.78, 5) is 8.39. The quantitative estimate of drug-likeness (QED) is 0.421. The van der Waals surface area contributed by atoms with E-state index in [9.17, 15) is 0 Å². The predicted molar refractivity (Wildman–Crippen MR) is 72.4 cm³/mol. The molecule has 0 atom stereocenters. The van der Waals surface area contributed by atoms with Crippen LogP contribution in [0.3, 0.4) is 0 Å². The third kappa shape index (κ3) is 5.74. The monoisotopic (exact) mass is 256 g/mol. The van der Waals surface area contributed by atoms with Gasteiger partial charge in [-0.3, -0.25) is 0 Å². The largest absolute Gasteiger partial charge is 0.383 e. The molecule has 0 radical (unpaired) electrons. The molecule has 0 spiro atoms. The van der Waals surface area contributed by atoms with Crippen molar-refractivity contribution in [2.75, 3.05) is 37.1 Å². The van der Waals surface area contributed by atoms with Crippen molar-refractivity contribution in [1.29, 1.82) is 0 Å². The molecule has 0 aliphatic carbocycles. The van der Waals surface area contributed by atoms with Crippen LogP contribution in [0.1, 0.15) is 19.8 Å². The second-order valence-corrected chi connectivity index (χ2v) is 4.33. The summed E-state index contributed by atoms with van der Waals surface area (Å²) in [6.45, 7) is 4.54. The molecule has 5 nitrogen and oxygen atoms in total. The van der Waals surface area contributed by atoms with Crippen molar-refractivity contribution in [3.05, 3.63) is 6.07 Å². The Hall–Kier alpha value is -1.01. The molecule has 0 unspecified atom stereocenters. The van der Waals surface area contributed by atoms with Gasteiger partial charge in [-0.1, -0.05) is 18.7 Å². The molecule has 3 N–H and O–H groups in total. The Labute approximate surface area is 107 Å². The van der Waals surface area contributed by atoms with Crippen molar-refractivity contribution in [1.82, 2.24) is 9.97 Å². The maximum atomic E-state index is 5.68. The number of nitrogens with two attached hydrogens (primary N) is 1. The van der Waals surface area contributed by atoms with E-state index in [1.54, 1.807) is 6.07 Å². The van der Waals surface area contributed by atoms with Gasteiger partial charge >= 0.3 is 0 Å². The van der Waals surface area contributed by atoms with E-state index in [0.29, 0.717) is 11.0 Å². The molecule has 0 fully saturated rings. The Morgan fingerprint density at radius 2 is 2.24 bits per heavy atom. The third-order valence-electron chi connectivity index (χ3n) is 2.03. The van der Waals surface area contributed by atoms with Gasteiger partial charge in [0.15, 0.2) is 5.16 Å². The summed E-state index contributed by atoms with van der Waals surface area (Å²) in [6.07, 6.45) is 3.95. The number of hydrogen-bond acceptors (Lipinski definition) is 6. The Morgan fingerprint density at radius 3 is 2.94 bits per heavy atom. The number of thioether (sulfide) groups is 1. The van der Waals surface area contributed by atoms with E-state index in [2.05, 4.69) is 22.2 Å². The molecular weight excluding hydrogens is 236 g/mol. The summed E-state index contributed by atoms with van der Waals surface area (Å²) in [5.41, 5.74) is 5.68. The van der Waals surface area contributed by atoms with Gasteiger partial charge in [0.25, 0.3) is 0 Å². The number of nitrogens with one attached hydrogen (secondary N) is 1. The van der Waals surface area contributed by atoms with Crippen LogP contribution in [-0.2, 0) is 4.74 Å². The van der Waals surface area contributed by atoms with Crippen LogP contribution in [0.2, 0.25) is 0 Å². The van der Waals surface area contributed by atoms with E-state index < -0.39 is 0 Å². The first kappa shape index (κ1) is 14.1. The Morgan fingerprint density at radius 1 is 1.41 bits per heavy atom. The summed E-state index contributed by atoms with van der Waals surface area (Å²) < 4.78 is 5.39. The number of rotatable bonds is 8. The van der Waals surface area contributed by atoms with Crippen molar-refractivity contribution in [2.24, 2.45) is 0 Å². The zero-order valence-electron chi connectivity index (χ0n) is 10.4. The van der Waals surface area contributed by atoms with Crippen LogP contribution in [0.5, 0.6) is 0 Å². The topological polar surface area (TPSA) is 73.1 Å². The number of nitrogen functional groups attached to an aromatic ring is 1. The Kier molecular flexibility index (Phi) is 6.73. The van der Waals surface area contributed by atoms with Crippen molar-refractivity contribution >= 4 is 23.4 Å². The summed E-state index contributed by atoms with van der Waals surface area (Å²) in [7, 11) is 0. The highest BCUT2D eigenvalue weighted by Crippen LogP contribution is 2.14. The highest BCUT2D eigenvalue weighted by atomic mass is 32.2. The van der Waals surface area contributed by atoms with E-state index in [0.717, 1.165) is 38.4 Å². The molecule has 0 aliphatic rings. The minimum atomic E-state index is 0.495. The second-order valence-electron chi connectivity index (χ2n) is 3.56. The van der Waals surface area contributed by atoms with Gasteiger partial charge in [-0.2, -0.15) is 0 Å². The molecule has 0 saturated heterocycles. The molecule has 0 saturated carbocycles. The molecule has 0 bridgehead atoms. The highest BCUT2D eigenvalue weighted by Gasteiger charge is 2.00.